The SMILES string of the molecule is OC1CCN(Cc2cc(Cl)cc(Cl)c2)CC1. The van der Waals surface area contributed by atoms with Crippen molar-refractivity contribution < 1.29 is 5.11 Å². The van der Waals surface area contributed by atoms with Gasteiger partial charge in [-0.25, -0.2) is 0 Å². The Morgan fingerprint density at radius 3 is 2.25 bits per heavy atom. The molecule has 0 saturated carbocycles. The maximum atomic E-state index is 9.41. The van der Waals surface area contributed by atoms with Crippen LogP contribution in [0.4, 0.5) is 0 Å². The standard InChI is InChI=1S/C12H15Cl2NO/c13-10-5-9(6-11(14)7-10)8-15-3-1-12(16)2-4-15/h5-7,12,16H,1-4,8H2. The lowest BCUT2D eigenvalue weighted by Gasteiger charge is -2.29. The first-order valence-electron chi connectivity index (χ1n) is 5.49. The summed E-state index contributed by atoms with van der Waals surface area (Å²) in [5, 5.41) is 10.8. The summed E-state index contributed by atoms with van der Waals surface area (Å²) in [6.45, 7) is 2.73. The second-order valence-corrected chi connectivity index (χ2v) is 5.16. The van der Waals surface area contributed by atoms with Crippen LogP contribution in [0.25, 0.3) is 0 Å². The molecule has 0 aliphatic carbocycles. The first-order valence-corrected chi connectivity index (χ1v) is 6.24. The molecule has 1 aliphatic rings. The molecule has 0 unspecified atom stereocenters. The molecule has 1 fully saturated rings. The molecule has 2 rings (SSSR count). The van der Waals surface area contributed by atoms with Gasteiger partial charge in [-0.05, 0) is 36.6 Å². The molecular weight excluding hydrogens is 245 g/mol. The number of aliphatic hydroxyl groups excluding tert-OH is 1. The molecular formula is C12H15Cl2NO. The van der Waals surface area contributed by atoms with Gasteiger partial charge in [0.1, 0.15) is 0 Å². The largest absolute Gasteiger partial charge is 0.393 e. The summed E-state index contributed by atoms with van der Waals surface area (Å²) in [4.78, 5) is 2.31. The van der Waals surface area contributed by atoms with Crippen molar-refractivity contribution in [2.45, 2.75) is 25.5 Å². The molecule has 1 saturated heterocycles. The first kappa shape index (κ1) is 12.2. The fourth-order valence-electron chi connectivity index (χ4n) is 2.04. The van der Waals surface area contributed by atoms with Gasteiger partial charge < -0.3 is 5.11 Å². The lowest BCUT2D eigenvalue weighted by atomic mass is 10.1. The van der Waals surface area contributed by atoms with Crippen LogP contribution in [0, 0.1) is 0 Å². The second-order valence-electron chi connectivity index (χ2n) is 4.29. The van der Waals surface area contributed by atoms with Gasteiger partial charge in [0.25, 0.3) is 0 Å². The molecule has 0 aromatic heterocycles. The highest BCUT2D eigenvalue weighted by molar-refractivity contribution is 6.34. The predicted octanol–water partition coefficient (Wildman–Crippen LogP) is 2.95. The highest BCUT2D eigenvalue weighted by Crippen LogP contribution is 2.21. The maximum absolute atomic E-state index is 9.41. The minimum Gasteiger partial charge on any atom is -0.393 e. The quantitative estimate of drug-likeness (QED) is 0.883. The average molecular weight is 260 g/mol. The molecule has 0 bridgehead atoms. The number of nitrogens with zero attached hydrogens (tertiary/aromatic N) is 1. The summed E-state index contributed by atoms with van der Waals surface area (Å²) in [5.74, 6) is 0. The van der Waals surface area contributed by atoms with Crippen LogP contribution < -0.4 is 0 Å². The molecule has 1 aliphatic heterocycles. The van der Waals surface area contributed by atoms with Crippen LogP contribution in [0.1, 0.15) is 18.4 Å². The molecule has 0 spiro atoms. The van der Waals surface area contributed by atoms with E-state index in [-0.39, 0.29) is 6.10 Å². The molecule has 0 amide bonds. The van der Waals surface area contributed by atoms with E-state index in [1.54, 1.807) is 6.07 Å². The van der Waals surface area contributed by atoms with Gasteiger partial charge in [-0.1, -0.05) is 23.2 Å². The maximum Gasteiger partial charge on any atom is 0.0564 e. The van der Waals surface area contributed by atoms with E-state index < -0.39 is 0 Å². The fraction of sp³-hybridized carbons (Fsp3) is 0.500. The smallest absolute Gasteiger partial charge is 0.0564 e. The van der Waals surface area contributed by atoms with Crippen molar-refractivity contribution in [3.63, 3.8) is 0 Å². The summed E-state index contributed by atoms with van der Waals surface area (Å²) in [5.41, 5.74) is 1.13. The van der Waals surface area contributed by atoms with Crippen molar-refractivity contribution in [2.24, 2.45) is 0 Å². The van der Waals surface area contributed by atoms with Crippen molar-refractivity contribution >= 4 is 23.2 Å². The Kier molecular flexibility index (Phi) is 4.09. The van der Waals surface area contributed by atoms with Crippen molar-refractivity contribution in [3.8, 4) is 0 Å². The predicted molar refractivity (Wildman–Crippen MR) is 67.0 cm³/mol. The summed E-state index contributed by atoms with van der Waals surface area (Å²) in [7, 11) is 0. The number of piperidine rings is 1. The van der Waals surface area contributed by atoms with Crippen molar-refractivity contribution in [3.05, 3.63) is 33.8 Å². The molecule has 1 heterocycles. The minimum atomic E-state index is -0.126. The lowest BCUT2D eigenvalue weighted by molar-refractivity contribution is 0.0792. The van der Waals surface area contributed by atoms with Crippen molar-refractivity contribution in [1.29, 1.82) is 0 Å². The van der Waals surface area contributed by atoms with E-state index in [1.165, 1.54) is 0 Å². The van der Waals surface area contributed by atoms with Gasteiger partial charge in [-0.2, -0.15) is 0 Å². The van der Waals surface area contributed by atoms with E-state index in [2.05, 4.69) is 4.90 Å². The normalized spacial score (nSPS) is 18.9. The molecule has 0 radical (unpaired) electrons. The average Bonchev–Trinajstić information content (AvgIpc) is 2.20. The van der Waals surface area contributed by atoms with E-state index in [0.717, 1.165) is 38.0 Å². The topological polar surface area (TPSA) is 23.5 Å². The van der Waals surface area contributed by atoms with Gasteiger partial charge in [-0.15, -0.1) is 0 Å². The fourth-order valence-corrected chi connectivity index (χ4v) is 2.61. The van der Waals surface area contributed by atoms with E-state index in [1.807, 2.05) is 12.1 Å². The zero-order valence-electron chi connectivity index (χ0n) is 9.00. The van der Waals surface area contributed by atoms with Crippen LogP contribution in [-0.4, -0.2) is 29.2 Å². The zero-order valence-corrected chi connectivity index (χ0v) is 10.5. The van der Waals surface area contributed by atoms with Crippen LogP contribution in [0.15, 0.2) is 18.2 Å². The Balaban J connectivity index is 1.98. The van der Waals surface area contributed by atoms with Crippen molar-refractivity contribution in [2.75, 3.05) is 13.1 Å². The van der Waals surface area contributed by atoms with Crippen LogP contribution in [-0.2, 0) is 6.54 Å². The van der Waals surface area contributed by atoms with Gasteiger partial charge in [0.2, 0.25) is 0 Å². The first-order chi connectivity index (χ1) is 7.63. The van der Waals surface area contributed by atoms with Gasteiger partial charge in [0.15, 0.2) is 0 Å². The molecule has 1 N–H and O–H groups in total. The van der Waals surface area contributed by atoms with Crippen LogP contribution in [0.3, 0.4) is 0 Å². The molecule has 4 heteroatoms. The Labute approximate surface area is 106 Å². The number of rotatable bonds is 2. The van der Waals surface area contributed by atoms with E-state index in [9.17, 15) is 5.11 Å². The number of aliphatic hydroxyl groups is 1. The molecule has 2 nitrogen and oxygen atoms in total. The Morgan fingerprint density at radius 2 is 1.69 bits per heavy atom. The number of likely N-dealkylation sites (tertiary alicyclic amines) is 1. The lowest BCUT2D eigenvalue weighted by Crippen LogP contribution is -2.35. The highest BCUT2D eigenvalue weighted by atomic mass is 35.5. The number of benzene rings is 1. The minimum absolute atomic E-state index is 0.126. The third kappa shape index (κ3) is 3.36. The monoisotopic (exact) mass is 259 g/mol. The van der Waals surface area contributed by atoms with Crippen LogP contribution in [0.5, 0.6) is 0 Å². The highest BCUT2D eigenvalue weighted by Gasteiger charge is 2.16. The summed E-state index contributed by atoms with van der Waals surface area (Å²) < 4.78 is 0. The van der Waals surface area contributed by atoms with E-state index in [4.69, 9.17) is 23.2 Å². The third-order valence-electron chi connectivity index (χ3n) is 2.89. The Morgan fingerprint density at radius 1 is 1.12 bits per heavy atom. The van der Waals surface area contributed by atoms with Crippen LogP contribution >= 0.6 is 23.2 Å². The van der Waals surface area contributed by atoms with Crippen molar-refractivity contribution in [1.82, 2.24) is 4.90 Å². The van der Waals surface area contributed by atoms with Gasteiger partial charge in [0.05, 0.1) is 6.10 Å². The Bertz CT molecular complexity index is 342. The molecule has 1 aromatic rings. The van der Waals surface area contributed by atoms with Gasteiger partial charge >= 0.3 is 0 Å². The van der Waals surface area contributed by atoms with E-state index in [0.29, 0.717) is 10.0 Å². The zero-order chi connectivity index (χ0) is 11.5. The molecule has 16 heavy (non-hydrogen) atoms. The van der Waals surface area contributed by atoms with E-state index >= 15 is 0 Å². The second kappa shape index (κ2) is 5.37. The molecule has 1 aromatic carbocycles. The molecule has 88 valence electrons. The summed E-state index contributed by atoms with van der Waals surface area (Å²) in [6, 6.07) is 5.63. The third-order valence-corrected chi connectivity index (χ3v) is 3.32. The van der Waals surface area contributed by atoms with Gasteiger partial charge in [-0.3, -0.25) is 4.90 Å². The number of halogens is 2. The van der Waals surface area contributed by atoms with Crippen LogP contribution in [0.2, 0.25) is 10.0 Å². The Hall–Kier alpha value is -0.280. The molecule has 0 atom stereocenters. The van der Waals surface area contributed by atoms with Gasteiger partial charge in [0, 0.05) is 29.7 Å². The summed E-state index contributed by atoms with van der Waals surface area (Å²) in [6.07, 6.45) is 1.59. The number of hydrogen-bond acceptors (Lipinski definition) is 2. The number of hydrogen-bond donors (Lipinski definition) is 1. The summed E-state index contributed by atoms with van der Waals surface area (Å²) >= 11 is 11.9.